The van der Waals surface area contributed by atoms with E-state index in [2.05, 4.69) is 0 Å². The lowest BCUT2D eigenvalue weighted by molar-refractivity contribution is -0.137. The highest BCUT2D eigenvalue weighted by Crippen LogP contribution is 2.29. The van der Waals surface area contributed by atoms with Crippen LogP contribution in [0.15, 0.2) is 60.7 Å². The second-order valence-electron chi connectivity index (χ2n) is 4.21. The van der Waals surface area contributed by atoms with Crippen molar-refractivity contribution in [3.05, 3.63) is 77.4 Å². The number of alkyl halides is 3. The molecule has 0 bridgehead atoms. The van der Waals surface area contributed by atoms with E-state index in [1.54, 1.807) is 0 Å². The maximum atomic E-state index is 12.4. The Morgan fingerprint density at radius 1 is 0.842 bits per heavy atom. The van der Waals surface area contributed by atoms with Gasteiger partial charge in [0.05, 0.1) is 5.56 Å². The molecule has 3 heteroatoms. The van der Waals surface area contributed by atoms with Crippen molar-refractivity contribution < 1.29 is 13.2 Å². The minimum absolute atomic E-state index is 0.618. The Morgan fingerprint density at radius 2 is 1.47 bits per heavy atom. The average Bonchev–Trinajstić information content (AvgIpc) is 2.39. The summed E-state index contributed by atoms with van der Waals surface area (Å²) in [5.41, 5.74) is 1.32. The summed E-state index contributed by atoms with van der Waals surface area (Å²) in [5.74, 6) is 0. The van der Waals surface area contributed by atoms with Gasteiger partial charge >= 0.3 is 6.18 Å². The molecule has 0 atom stereocenters. The van der Waals surface area contributed by atoms with Crippen LogP contribution in [0.3, 0.4) is 0 Å². The van der Waals surface area contributed by atoms with Crippen LogP contribution in [0.2, 0.25) is 0 Å². The topological polar surface area (TPSA) is 0 Å². The lowest BCUT2D eigenvalue weighted by Crippen LogP contribution is -2.03. The zero-order chi connectivity index (χ0) is 13.7. The molecular formula is C16H13F3. The molecular weight excluding hydrogens is 249 g/mol. The third-order valence-corrected chi connectivity index (χ3v) is 2.74. The average molecular weight is 262 g/mol. The molecule has 0 spiro atoms. The van der Waals surface area contributed by atoms with E-state index in [0.29, 0.717) is 0 Å². The monoisotopic (exact) mass is 262 g/mol. The molecule has 0 aliphatic carbocycles. The molecule has 0 saturated heterocycles. The van der Waals surface area contributed by atoms with Gasteiger partial charge in [0.2, 0.25) is 0 Å². The Bertz CT molecular complexity index is 536. The number of benzene rings is 2. The van der Waals surface area contributed by atoms with Crippen molar-refractivity contribution in [2.75, 3.05) is 0 Å². The fourth-order valence-corrected chi connectivity index (χ4v) is 1.73. The molecule has 19 heavy (non-hydrogen) atoms. The molecule has 2 aromatic carbocycles. The first-order chi connectivity index (χ1) is 9.05. The first-order valence-corrected chi connectivity index (χ1v) is 5.93. The molecule has 98 valence electrons. The number of allylic oxidation sites excluding steroid dienone is 1. The summed E-state index contributed by atoms with van der Waals surface area (Å²) in [6.45, 7) is 0. The van der Waals surface area contributed by atoms with Gasteiger partial charge in [-0.15, -0.1) is 0 Å². The zero-order valence-electron chi connectivity index (χ0n) is 10.2. The minimum Gasteiger partial charge on any atom is -0.166 e. The SMILES string of the molecule is FC(F)(F)c1ccc(C=CCc2ccccc2)cc1. The molecule has 0 saturated carbocycles. The molecule has 0 fully saturated rings. The smallest absolute Gasteiger partial charge is 0.166 e. The van der Waals surface area contributed by atoms with E-state index in [9.17, 15) is 13.2 Å². The Balaban J connectivity index is 2.00. The fourth-order valence-electron chi connectivity index (χ4n) is 1.73. The number of hydrogen-bond acceptors (Lipinski definition) is 0. The molecule has 2 rings (SSSR count). The molecule has 0 radical (unpaired) electrons. The van der Waals surface area contributed by atoms with Crippen LogP contribution >= 0.6 is 0 Å². The van der Waals surface area contributed by atoms with Gasteiger partial charge in [-0.1, -0.05) is 54.6 Å². The van der Waals surface area contributed by atoms with E-state index in [1.165, 1.54) is 17.7 Å². The Hall–Kier alpha value is -2.03. The van der Waals surface area contributed by atoms with Gasteiger partial charge in [-0.2, -0.15) is 13.2 Å². The molecule has 0 aliphatic heterocycles. The predicted octanol–water partition coefficient (Wildman–Crippen LogP) is 4.96. The maximum Gasteiger partial charge on any atom is 0.416 e. The van der Waals surface area contributed by atoms with Gasteiger partial charge in [-0.3, -0.25) is 0 Å². The molecule has 0 nitrogen and oxygen atoms in total. The van der Waals surface area contributed by atoms with E-state index in [-0.39, 0.29) is 0 Å². The summed E-state index contributed by atoms with van der Waals surface area (Å²) in [5, 5.41) is 0. The molecule has 2 aromatic rings. The Kier molecular flexibility index (Phi) is 4.05. The van der Waals surface area contributed by atoms with Crippen molar-refractivity contribution in [1.29, 1.82) is 0 Å². The lowest BCUT2D eigenvalue weighted by Gasteiger charge is -2.05. The van der Waals surface area contributed by atoms with Crippen LogP contribution in [-0.2, 0) is 12.6 Å². The van der Waals surface area contributed by atoms with Crippen molar-refractivity contribution in [2.45, 2.75) is 12.6 Å². The molecule has 0 unspecified atom stereocenters. The zero-order valence-corrected chi connectivity index (χ0v) is 10.2. The van der Waals surface area contributed by atoms with E-state index in [0.717, 1.165) is 24.1 Å². The van der Waals surface area contributed by atoms with Gasteiger partial charge in [0, 0.05) is 0 Å². The summed E-state index contributed by atoms with van der Waals surface area (Å²) >= 11 is 0. The Labute approximate surface area is 110 Å². The highest BCUT2D eigenvalue weighted by molar-refractivity contribution is 5.50. The summed E-state index contributed by atoms with van der Waals surface area (Å²) < 4.78 is 37.1. The van der Waals surface area contributed by atoms with Gasteiger partial charge in [0.25, 0.3) is 0 Å². The molecule has 0 N–H and O–H groups in total. The normalized spacial score (nSPS) is 11.9. The van der Waals surface area contributed by atoms with Crippen LogP contribution in [0.5, 0.6) is 0 Å². The van der Waals surface area contributed by atoms with Gasteiger partial charge in [-0.25, -0.2) is 0 Å². The largest absolute Gasteiger partial charge is 0.416 e. The van der Waals surface area contributed by atoms with Gasteiger partial charge in [0.1, 0.15) is 0 Å². The molecule has 0 aliphatic rings. The van der Waals surface area contributed by atoms with Crippen molar-refractivity contribution in [1.82, 2.24) is 0 Å². The van der Waals surface area contributed by atoms with E-state index < -0.39 is 11.7 Å². The van der Waals surface area contributed by atoms with E-state index in [1.807, 2.05) is 42.5 Å². The van der Waals surface area contributed by atoms with E-state index in [4.69, 9.17) is 0 Å². The summed E-state index contributed by atoms with van der Waals surface area (Å²) in [6.07, 6.45) is 0.263. The second kappa shape index (κ2) is 5.74. The molecule has 0 amide bonds. The quantitative estimate of drug-likeness (QED) is 0.733. The standard InChI is InChI=1S/C16H13F3/c17-16(18,19)15-11-9-14(10-12-15)8-4-7-13-5-2-1-3-6-13/h1-6,8-12H,7H2. The van der Waals surface area contributed by atoms with Crippen LogP contribution in [0.1, 0.15) is 16.7 Å². The fraction of sp³-hybridized carbons (Fsp3) is 0.125. The third kappa shape index (κ3) is 3.98. The van der Waals surface area contributed by atoms with Crippen LogP contribution in [-0.4, -0.2) is 0 Å². The van der Waals surface area contributed by atoms with Crippen molar-refractivity contribution in [2.24, 2.45) is 0 Å². The second-order valence-corrected chi connectivity index (χ2v) is 4.21. The Morgan fingerprint density at radius 3 is 2.05 bits per heavy atom. The molecule has 0 heterocycles. The van der Waals surface area contributed by atoms with Crippen LogP contribution in [0, 0.1) is 0 Å². The minimum atomic E-state index is -4.27. The van der Waals surface area contributed by atoms with Crippen LogP contribution < -0.4 is 0 Å². The highest BCUT2D eigenvalue weighted by Gasteiger charge is 2.29. The van der Waals surface area contributed by atoms with Gasteiger partial charge < -0.3 is 0 Å². The van der Waals surface area contributed by atoms with Crippen molar-refractivity contribution in [3.63, 3.8) is 0 Å². The van der Waals surface area contributed by atoms with Crippen molar-refractivity contribution >= 4 is 6.08 Å². The number of rotatable bonds is 3. The van der Waals surface area contributed by atoms with E-state index >= 15 is 0 Å². The lowest BCUT2D eigenvalue weighted by atomic mass is 10.1. The first-order valence-electron chi connectivity index (χ1n) is 5.93. The maximum absolute atomic E-state index is 12.4. The van der Waals surface area contributed by atoms with Crippen LogP contribution in [0.4, 0.5) is 13.2 Å². The first kappa shape index (κ1) is 13.4. The van der Waals surface area contributed by atoms with Gasteiger partial charge in [-0.05, 0) is 29.7 Å². The van der Waals surface area contributed by atoms with Crippen LogP contribution in [0.25, 0.3) is 6.08 Å². The number of halogens is 3. The highest BCUT2D eigenvalue weighted by atomic mass is 19.4. The predicted molar refractivity (Wildman–Crippen MR) is 70.6 cm³/mol. The summed E-state index contributed by atoms with van der Waals surface area (Å²) in [4.78, 5) is 0. The summed E-state index contributed by atoms with van der Waals surface area (Å²) in [7, 11) is 0. The van der Waals surface area contributed by atoms with Gasteiger partial charge in [0.15, 0.2) is 0 Å². The summed E-state index contributed by atoms with van der Waals surface area (Å²) in [6, 6.07) is 15.0. The molecule has 0 aromatic heterocycles. The van der Waals surface area contributed by atoms with Crippen molar-refractivity contribution in [3.8, 4) is 0 Å². The number of hydrogen-bond donors (Lipinski definition) is 0. The third-order valence-electron chi connectivity index (χ3n) is 2.74.